The van der Waals surface area contributed by atoms with Gasteiger partial charge < -0.3 is 0 Å². The molecule has 0 saturated heterocycles. The van der Waals surface area contributed by atoms with Gasteiger partial charge in [0.05, 0.1) is 0 Å². The van der Waals surface area contributed by atoms with Gasteiger partial charge in [0.15, 0.2) is 0 Å². The van der Waals surface area contributed by atoms with Crippen molar-refractivity contribution in [3.05, 3.63) is 129 Å². The molecule has 0 aromatic heterocycles. The lowest BCUT2D eigenvalue weighted by atomic mass is 9.86. The summed E-state index contributed by atoms with van der Waals surface area (Å²) in [5, 5.41) is 3.74. The molecule has 0 heterocycles. The summed E-state index contributed by atoms with van der Waals surface area (Å²) in [7, 11) is -2.05. The first-order valence-electron chi connectivity index (χ1n) is 19.4. The summed E-state index contributed by atoms with van der Waals surface area (Å²) >= 11 is 0. The lowest BCUT2D eigenvalue weighted by Gasteiger charge is -2.45. The van der Waals surface area contributed by atoms with Gasteiger partial charge in [-0.15, -0.1) is 0 Å². The Labute approximate surface area is 297 Å². The summed E-state index contributed by atoms with van der Waals surface area (Å²) in [6, 6.07) is 33.3. The van der Waals surface area contributed by atoms with Crippen LogP contribution in [-0.2, 0) is 23.7 Å². The Morgan fingerprint density at radius 2 is 0.837 bits per heavy atom. The summed E-state index contributed by atoms with van der Waals surface area (Å²) in [4.78, 5) is 0. The first-order valence-corrected chi connectivity index (χ1v) is 21.6. The summed E-state index contributed by atoms with van der Waals surface area (Å²) in [5.41, 5.74) is 16.7. The van der Waals surface area contributed by atoms with Crippen LogP contribution < -0.4 is 0 Å². The monoisotopic (exact) mass is 660 g/mol. The first-order chi connectivity index (χ1) is 23.5. The molecule has 0 spiro atoms. The van der Waals surface area contributed by atoms with Gasteiger partial charge in [-0.25, -0.2) is 0 Å². The zero-order valence-corrected chi connectivity index (χ0v) is 32.0. The van der Waals surface area contributed by atoms with Gasteiger partial charge in [0, 0.05) is 0 Å². The van der Waals surface area contributed by atoms with E-state index in [1.807, 2.05) is 10.4 Å². The van der Waals surface area contributed by atoms with Crippen LogP contribution in [0.15, 0.2) is 95.3 Å². The number of rotatable bonds is 6. The van der Waals surface area contributed by atoms with E-state index >= 15 is 0 Å². The molecular weight excluding hydrogens is 605 g/mol. The Balaban J connectivity index is 1.25. The van der Waals surface area contributed by atoms with Gasteiger partial charge >= 0.3 is 0 Å². The second-order valence-electron chi connectivity index (χ2n) is 17.9. The normalized spacial score (nSPS) is 18.5. The van der Waals surface area contributed by atoms with Crippen molar-refractivity contribution >= 4 is 20.2 Å². The fourth-order valence-electron chi connectivity index (χ4n) is 10.4. The highest BCUT2D eigenvalue weighted by Gasteiger charge is 2.55. The van der Waals surface area contributed by atoms with Crippen molar-refractivity contribution in [2.24, 2.45) is 0 Å². The van der Waals surface area contributed by atoms with Gasteiger partial charge in [-0.2, -0.15) is 0 Å². The molecule has 4 aromatic carbocycles. The Kier molecular flexibility index (Phi) is 8.30. The van der Waals surface area contributed by atoms with Crippen LogP contribution in [0, 0.1) is 0 Å². The average Bonchev–Trinajstić information content (AvgIpc) is 3.92. The topological polar surface area (TPSA) is 0 Å². The highest BCUT2D eigenvalue weighted by Crippen LogP contribution is 2.60. The van der Waals surface area contributed by atoms with Crippen molar-refractivity contribution < 1.29 is 0 Å². The SMILES string of the molecule is CC(C)(C)c1ccc(-c2cccc3c2C=C([Si](C2=Cc4c(cccc4-c4ccc(C(C)(C)C)cc4)C2)(C2CCCC2)C2CCCC2)C3)cc1. The standard InChI is InChI=1S/C48H56Si/c1-47(2,3)37-25-21-33(22-26-37)43-19-11-13-35-29-41(31-45(35)43)49(39-15-7-8-16-39,40-17-9-10-18-40)42-30-36-14-12-20-44(46(36)32-42)34-23-27-38(28-24-34)48(4,5)6/h11-14,19-28,31-32,39-40H,7-10,15-18,29-30H2,1-6H3. The van der Waals surface area contributed by atoms with E-state index in [-0.39, 0.29) is 10.8 Å². The van der Waals surface area contributed by atoms with Crippen molar-refractivity contribution in [1.82, 2.24) is 0 Å². The highest BCUT2D eigenvalue weighted by atomic mass is 28.3. The Morgan fingerprint density at radius 1 is 0.469 bits per heavy atom. The number of allylic oxidation sites excluding steroid dienone is 2. The van der Waals surface area contributed by atoms with Crippen LogP contribution in [0.2, 0.25) is 11.1 Å². The molecule has 8 rings (SSSR count). The molecule has 1 heteroatoms. The smallest absolute Gasteiger partial charge is 0.0704 e. The summed E-state index contributed by atoms with van der Waals surface area (Å²) in [6.07, 6.45) is 19.3. The maximum absolute atomic E-state index is 2.78. The predicted molar refractivity (Wildman–Crippen MR) is 215 cm³/mol. The lowest BCUT2D eigenvalue weighted by Crippen LogP contribution is -2.48. The van der Waals surface area contributed by atoms with Crippen LogP contribution in [0.1, 0.15) is 126 Å². The van der Waals surface area contributed by atoms with E-state index in [1.165, 1.54) is 95.9 Å². The van der Waals surface area contributed by atoms with Crippen LogP contribution >= 0.6 is 0 Å². The molecule has 0 atom stereocenters. The number of hydrogen-bond acceptors (Lipinski definition) is 0. The third-order valence-corrected chi connectivity index (χ3v) is 19.5. The predicted octanol–water partition coefficient (Wildman–Crippen LogP) is 13.6. The quantitative estimate of drug-likeness (QED) is 0.181. The molecule has 0 bridgehead atoms. The molecule has 0 amide bonds. The van der Waals surface area contributed by atoms with Gasteiger partial charge in [0.2, 0.25) is 0 Å². The van der Waals surface area contributed by atoms with Gasteiger partial charge in [-0.3, -0.25) is 0 Å². The largest absolute Gasteiger partial charge is 0.115 e. The van der Waals surface area contributed by atoms with E-state index in [2.05, 4.69) is 139 Å². The van der Waals surface area contributed by atoms with Crippen molar-refractivity contribution in [3.8, 4) is 22.3 Å². The van der Waals surface area contributed by atoms with Crippen molar-refractivity contribution in [2.45, 2.75) is 128 Å². The number of hydrogen-bond donors (Lipinski definition) is 0. The van der Waals surface area contributed by atoms with Gasteiger partial charge in [-0.1, -0.05) is 200 Å². The van der Waals surface area contributed by atoms with E-state index in [9.17, 15) is 0 Å². The first kappa shape index (κ1) is 32.8. The minimum atomic E-state index is -2.05. The van der Waals surface area contributed by atoms with Crippen molar-refractivity contribution in [1.29, 1.82) is 0 Å². The molecule has 0 N–H and O–H groups in total. The third-order valence-electron chi connectivity index (χ3n) is 13.0. The van der Waals surface area contributed by atoms with Gasteiger partial charge in [0.25, 0.3) is 0 Å². The molecule has 4 aliphatic rings. The molecule has 4 aliphatic carbocycles. The maximum Gasteiger partial charge on any atom is 0.115 e. The van der Waals surface area contributed by atoms with E-state index in [1.54, 1.807) is 11.1 Å². The zero-order valence-electron chi connectivity index (χ0n) is 31.0. The van der Waals surface area contributed by atoms with Crippen LogP contribution in [0.5, 0.6) is 0 Å². The summed E-state index contributed by atoms with van der Waals surface area (Å²) in [6.45, 7) is 13.9. The Hall–Kier alpha value is -3.42. The minimum Gasteiger partial charge on any atom is -0.0704 e. The number of fused-ring (bicyclic) bond motifs is 2. The van der Waals surface area contributed by atoms with Crippen LogP contribution in [-0.4, -0.2) is 8.07 Å². The molecule has 2 fully saturated rings. The fraction of sp³-hybridized carbons (Fsp3) is 0.417. The van der Waals surface area contributed by atoms with E-state index in [4.69, 9.17) is 0 Å². The second kappa shape index (κ2) is 12.4. The van der Waals surface area contributed by atoms with Crippen molar-refractivity contribution in [2.75, 3.05) is 0 Å². The molecule has 0 unspecified atom stereocenters. The highest BCUT2D eigenvalue weighted by molar-refractivity contribution is 6.96. The maximum atomic E-state index is 2.78. The third kappa shape index (κ3) is 5.75. The molecule has 252 valence electrons. The Bertz CT molecular complexity index is 1760. The molecule has 4 aromatic rings. The summed E-state index contributed by atoms with van der Waals surface area (Å²) < 4.78 is 0. The Morgan fingerprint density at radius 3 is 1.18 bits per heavy atom. The van der Waals surface area contributed by atoms with Gasteiger partial charge in [-0.05, 0) is 90.4 Å². The zero-order chi connectivity index (χ0) is 34.0. The van der Waals surface area contributed by atoms with Crippen LogP contribution in [0.3, 0.4) is 0 Å². The van der Waals surface area contributed by atoms with Crippen LogP contribution in [0.4, 0.5) is 0 Å². The average molecular weight is 661 g/mol. The van der Waals surface area contributed by atoms with E-state index < -0.39 is 8.07 Å². The van der Waals surface area contributed by atoms with E-state index in [0.717, 1.165) is 23.9 Å². The molecule has 0 nitrogen and oxygen atoms in total. The minimum absolute atomic E-state index is 0.167. The molecule has 2 saturated carbocycles. The molecule has 49 heavy (non-hydrogen) atoms. The molecular formula is C48H56Si. The van der Waals surface area contributed by atoms with Crippen LogP contribution in [0.25, 0.3) is 34.4 Å². The lowest BCUT2D eigenvalue weighted by molar-refractivity contribution is 0.590. The number of benzene rings is 4. The second-order valence-corrected chi connectivity index (χ2v) is 22.6. The van der Waals surface area contributed by atoms with Crippen molar-refractivity contribution in [3.63, 3.8) is 0 Å². The fourth-order valence-corrected chi connectivity index (χ4v) is 18.0. The summed E-state index contributed by atoms with van der Waals surface area (Å²) in [5.74, 6) is 0. The molecule has 0 radical (unpaired) electrons. The molecule has 0 aliphatic heterocycles. The van der Waals surface area contributed by atoms with Gasteiger partial charge in [0.1, 0.15) is 8.07 Å². The van der Waals surface area contributed by atoms with E-state index in [0.29, 0.717) is 0 Å².